The van der Waals surface area contributed by atoms with Gasteiger partial charge in [-0.05, 0) is 32.0 Å². The molecule has 2 aromatic heterocycles. The Kier molecular flexibility index (Phi) is 3.74. The number of carbonyl (C=O) groups is 1. The van der Waals surface area contributed by atoms with Crippen LogP contribution < -0.4 is 10.3 Å². The number of aryl methyl sites for hydroxylation is 2. The summed E-state index contributed by atoms with van der Waals surface area (Å²) < 4.78 is 28.8. The van der Waals surface area contributed by atoms with Crippen molar-refractivity contribution in [3.05, 3.63) is 40.7 Å². The van der Waals surface area contributed by atoms with Crippen LogP contribution in [0.15, 0.2) is 33.1 Å². The van der Waals surface area contributed by atoms with Crippen LogP contribution in [0.25, 0.3) is 0 Å². The van der Waals surface area contributed by atoms with Crippen molar-refractivity contribution in [2.24, 2.45) is 0 Å². The molecule has 2 aromatic rings. The zero-order chi connectivity index (χ0) is 14.0. The van der Waals surface area contributed by atoms with Gasteiger partial charge in [0.1, 0.15) is 9.97 Å². The van der Waals surface area contributed by atoms with E-state index in [1.165, 1.54) is 18.4 Å². The lowest BCUT2D eigenvalue weighted by molar-refractivity contribution is 0.0943. The van der Waals surface area contributed by atoms with Crippen LogP contribution in [0.2, 0.25) is 0 Å². The van der Waals surface area contributed by atoms with Crippen molar-refractivity contribution in [3.63, 3.8) is 0 Å². The summed E-state index contributed by atoms with van der Waals surface area (Å²) >= 11 is 1.13. The van der Waals surface area contributed by atoms with Gasteiger partial charge in [0.2, 0.25) is 0 Å². The highest BCUT2D eigenvalue weighted by molar-refractivity contribution is 7.91. The van der Waals surface area contributed by atoms with Crippen molar-refractivity contribution in [3.8, 4) is 0 Å². The monoisotopic (exact) mass is 300 g/mol. The molecule has 0 radical (unpaired) electrons. The topological polar surface area (TPSA) is 88.4 Å². The van der Waals surface area contributed by atoms with E-state index in [0.717, 1.165) is 16.2 Å². The van der Waals surface area contributed by atoms with E-state index in [9.17, 15) is 13.2 Å². The second kappa shape index (κ2) is 5.16. The van der Waals surface area contributed by atoms with Gasteiger partial charge < -0.3 is 4.42 Å². The Morgan fingerprint density at radius 3 is 2.53 bits per heavy atom. The first-order valence-electron chi connectivity index (χ1n) is 5.33. The molecule has 2 N–H and O–H groups in total. The zero-order valence-corrected chi connectivity index (χ0v) is 11.9. The first kappa shape index (κ1) is 13.8. The molecule has 102 valence electrons. The van der Waals surface area contributed by atoms with Crippen LogP contribution >= 0.6 is 11.3 Å². The van der Waals surface area contributed by atoms with Gasteiger partial charge in [-0.15, -0.1) is 16.2 Å². The van der Waals surface area contributed by atoms with E-state index < -0.39 is 15.9 Å². The summed E-state index contributed by atoms with van der Waals surface area (Å²) in [6, 6.07) is 4.65. The molecule has 0 spiro atoms. The van der Waals surface area contributed by atoms with Gasteiger partial charge in [-0.1, -0.05) is 0 Å². The minimum absolute atomic E-state index is 0.147. The third-order valence-corrected chi connectivity index (χ3v) is 5.12. The van der Waals surface area contributed by atoms with Gasteiger partial charge in [0, 0.05) is 4.88 Å². The number of thiophene rings is 1. The highest BCUT2D eigenvalue weighted by Crippen LogP contribution is 2.19. The van der Waals surface area contributed by atoms with Crippen molar-refractivity contribution in [1.82, 2.24) is 10.3 Å². The summed E-state index contributed by atoms with van der Waals surface area (Å²) in [5, 5.41) is 0. The number of furan rings is 1. The smallest absolute Gasteiger partial charge is 0.269 e. The molecule has 6 nitrogen and oxygen atoms in total. The Morgan fingerprint density at radius 1 is 1.26 bits per heavy atom. The third-order valence-electron chi connectivity index (χ3n) is 2.38. The van der Waals surface area contributed by atoms with Crippen LogP contribution in [-0.4, -0.2) is 14.3 Å². The first-order chi connectivity index (χ1) is 8.90. The maximum absolute atomic E-state index is 11.9. The number of carbonyl (C=O) groups excluding carboxylic acids is 1. The summed E-state index contributed by atoms with van der Waals surface area (Å²) in [7, 11) is -3.73. The van der Waals surface area contributed by atoms with E-state index >= 15 is 0 Å². The molecule has 0 fully saturated rings. The summed E-state index contributed by atoms with van der Waals surface area (Å²) in [6.07, 6.45) is 1.36. The highest BCUT2D eigenvalue weighted by Gasteiger charge is 2.18. The van der Waals surface area contributed by atoms with Crippen LogP contribution in [0.1, 0.15) is 21.0 Å². The molecule has 0 aliphatic heterocycles. The summed E-state index contributed by atoms with van der Waals surface area (Å²) in [6.45, 7) is 3.42. The molecule has 8 heteroatoms. The van der Waals surface area contributed by atoms with Crippen molar-refractivity contribution in [2.45, 2.75) is 18.1 Å². The van der Waals surface area contributed by atoms with Gasteiger partial charge >= 0.3 is 0 Å². The van der Waals surface area contributed by atoms with Crippen molar-refractivity contribution in [2.75, 3.05) is 0 Å². The molecule has 2 heterocycles. The third kappa shape index (κ3) is 3.03. The fourth-order valence-corrected chi connectivity index (χ4v) is 3.53. The molecule has 0 aromatic carbocycles. The van der Waals surface area contributed by atoms with Gasteiger partial charge in [0.05, 0.1) is 11.8 Å². The Labute approximate surface area is 114 Å². The van der Waals surface area contributed by atoms with Gasteiger partial charge in [-0.2, -0.15) is 0 Å². The lowest BCUT2D eigenvalue weighted by atomic mass is 10.2. The normalized spacial score (nSPS) is 11.5. The molecule has 0 aliphatic rings. The standard InChI is InChI=1S/C11H12N2O4S2/c1-7-3-4-10(18-7)19(15,16)13-12-11(14)9-5-6-17-8(9)2/h3-6,13H,1-2H3,(H,12,14). The van der Waals surface area contributed by atoms with E-state index in [2.05, 4.69) is 5.43 Å². The Hall–Kier alpha value is -1.64. The Bertz CT molecular complexity index is 700. The van der Waals surface area contributed by atoms with E-state index in [1.807, 2.05) is 4.83 Å². The Morgan fingerprint density at radius 2 is 2.00 bits per heavy atom. The predicted molar refractivity (Wildman–Crippen MR) is 70.3 cm³/mol. The van der Waals surface area contributed by atoms with Crippen molar-refractivity contribution < 1.29 is 17.6 Å². The van der Waals surface area contributed by atoms with Crippen molar-refractivity contribution >= 4 is 27.3 Å². The average Bonchev–Trinajstić information content (AvgIpc) is 2.95. The van der Waals surface area contributed by atoms with E-state index in [1.54, 1.807) is 19.9 Å². The number of rotatable bonds is 4. The van der Waals surface area contributed by atoms with Crippen LogP contribution in [0.3, 0.4) is 0 Å². The zero-order valence-electron chi connectivity index (χ0n) is 10.3. The fourth-order valence-electron chi connectivity index (χ4n) is 1.41. The highest BCUT2D eigenvalue weighted by atomic mass is 32.2. The molecule has 0 bridgehead atoms. The summed E-state index contributed by atoms with van der Waals surface area (Å²) in [5.74, 6) is -0.147. The maximum atomic E-state index is 11.9. The van der Waals surface area contributed by atoms with Crippen LogP contribution in [0.4, 0.5) is 0 Å². The lowest BCUT2D eigenvalue weighted by Gasteiger charge is -2.06. The molecule has 2 rings (SSSR count). The van der Waals surface area contributed by atoms with Gasteiger partial charge in [0.15, 0.2) is 0 Å². The van der Waals surface area contributed by atoms with Gasteiger partial charge in [0.25, 0.3) is 15.9 Å². The molecule has 0 saturated heterocycles. The summed E-state index contributed by atoms with van der Waals surface area (Å²) in [5.41, 5.74) is 2.43. The second-order valence-corrected chi connectivity index (χ2v) is 7.01. The Balaban J connectivity index is 2.07. The molecule has 0 aliphatic carbocycles. The van der Waals surface area contributed by atoms with Crippen molar-refractivity contribution in [1.29, 1.82) is 0 Å². The largest absolute Gasteiger partial charge is 0.469 e. The van der Waals surface area contributed by atoms with Gasteiger partial charge in [-0.3, -0.25) is 10.2 Å². The maximum Gasteiger partial charge on any atom is 0.269 e. The van der Waals surface area contributed by atoms with E-state index in [-0.39, 0.29) is 9.77 Å². The number of amides is 1. The quantitative estimate of drug-likeness (QED) is 0.839. The first-order valence-corrected chi connectivity index (χ1v) is 7.63. The fraction of sp³-hybridized carbons (Fsp3) is 0.182. The van der Waals surface area contributed by atoms with Crippen LogP contribution in [0.5, 0.6) is 0 Å². The molecule has 0 atom stereocenters. The predicted octanol–water partition coefficient (Wildman–Crippen LogP) is 1.58. The average molecular weight is 300 g/mol. The summed E-state index contributed by atoms with van der Waals surface area (Å²) in [4.78, 5) is 14.6. The van der Waals surface area contributed by atoms with Crippen LogP contribution in [0, 0.1) is 13.8 Å². The SMILES string of the molecule is Cc1ccc(S(=O)(=O)NNC(=O)c2ccoc2C)s1. The molecule has 19 heavy (non-hydrogen) atoms. The minimum Gasteiger partial charge on any atom is -0.469 e. The minimum atomic E-state index is -3.73. The van der Waals surface area contributed by atoms with E-state index in [4.69, 9.17) is 4.42 Å². The van der Waals surface area contributed by atoms with Crippen LogP contribution in [-0.2, 0) is 10.0 Å². The number of hydrazine groups is 1. The number of hydrogen-bond donors (Lipinski definition) is 2. The molecular formula is C11H12N2O4S2. The molecule has 1 amide bonds. The van der Waals surface area contributed by atoms with Gasteiger partial charge in [-0.25, -0.2) is 8.42 Å². The molecule has 0 saturated carbocycles. The number of hydrogen-bond acceptors (Lipinski definition) is 5. The van der Waals surface area contributed by atoms with E-state index in [0.29, 0.717) is 5.76 Å². The number of nitrogens with one attached hydrogen (secondary N) is 2. The molecular weight excluding hydrogens is 288 g/mol. The number of sulfonamides is 1. The lowest BCUT2D eigenvalue weighted by Crippen LogP contribution is -2.41. The molecule has 0 unspecified atom stereocenters. The second-order valence-electron chi connectivity index (χ2n) is 3.82.